The van der Waals surface area contributed by atoms with Gasteiger partial charge in [0, 0.05) is 10.9 Å². The number of alkyl halides is 1. The van der Waals surface area contributed by atoms with E-state index in [9.17, 15) is 9.18 Å². The molecule has 1 aliphatic heterocycles. The number of rotatable bonds is 4. The lowest BCUT2D eigenvalue weighted by molar-refractivity contribution is 0.102. The summed E-state index contributed by atoms with van der Waals surface area (Å²) in [4.78, 5) is 24.7. The molecule has 142 valence electrons. The van der Waals surface area contributed by atoms with Crippen LogP contribution in [0.3, 0.4) is 0 Å². The summed E-state index contributed by atoms with van der Waals surface area (Å²) in [5, 5.41) is 2.77. The topological polar surface area (TPSA) is 102 Å². The molecule has 1 aromatic heterocycles. The van der Waals surface area contributed by atoms with Gasteiger partial charge in [-0.2, -0.15) is 0 Å². The van der Waals surface area contributed by atoms with Crippen LogP contribution in [0.1, 0.15) is 29.9 Å². The number of hydrogen-bond acceptors (Lipinski definition) is 7. The van der Waals surface area contributed by atoms with Crippen LogP contribution in [0.4, 0.5) is 10.1 Å². The molecule has 0 spiro atoms. The standard InChI is InChI=1S/C18H20FN5O2S/c1-10-15(19)18(2,24-17(20)27-10)11-5-4-6-12(7-11)23-16(25)13-8-22-14(26-3)9-21-13/h4-10,15H,1-3H3,(H2,20,24)(H,23,25)/t10-,15+,18-/m1/s1. The molecular weight excluding hydrogens is 369 g/mol. The second-order valence-corrected chi connectivity index (χ2v) is 7.70. The maximum Gasteiger partial charge on any atom is 0.275 e. The molecule has 27 heavy (non-hydrogen) atoms. The lowest BCUT2D eigenvalue weighted by Crippen LogP contribution is -2.43. The maximum atomic E-state index is 14.9. The number of methoxy groups -OCH3 is 1. The van der Waals surface area contributed by atoms with Crippen molar-refractivity contribution in [3.8, 4) is 5.88 Å². The van der Waals surface area contributed by atoms with Gasteiger partial charge in [-0.25, -0.2) is 19.4 Å². The summed E-state index contributed by atoms with van der Waals surface area (Å²) in [7, 11) is 1.47. The number of hydrogen-bond donors (Lipinski definition) is 2. The van der Waals surface area contributed by atoms with Crippen LogP contribution in [0.2, 0.25) is 0 Å². The quantitative estimate of drug-likeness (QED) is 0.834. The molecule has 0 fully saturated rings. The zero-order valence-corrected chi connectivity index (χ0v) is 16.0. The van der Waals surface area contributed by atoms with Gasteiger partial charge < -0.3 is 15.8 Å². The van der Waals surface area contributed by atoms with Gasteiger partial charge in [0.05, 0.1) is 19.5 Å². The van der Waals surface area contributed by atoms with Crippen molar-refractivity contribution in [2.45, 2.75) is 30.8 Å². The molecule has 0 bridgehead atoms. The molecule has 1 aromatic carbocycles. The summed E-state index contributed by atoms with van der Waals surface area (Å²) in [6, 6.07) is 6.92. The molecule has 0 radical (unpaired) electrons. The molecule has 0 saturated carbocycles. The number of carbonyl (C=O) groups is 1. The van der Waals surface area contributed by atoms with E-state index in [2.05, 4.69) is 20.3 Å². The van der Waals surface area contributed by atoms with Gasteiger partial charge >= 0.3 is 0 Å². The summed E-state index contributed by atoms with van der Waals surface area (Å²) < 4.78 is 19.8. The van der Waals surface area contributed by atoms with Crippen molar-refractivity contribution < 1.29 is 13.9 Å². The number of thioether (sulfide) groups is 1. The first kappa shape index (κ1) is 19.1. The first-order valence-electron chi connectivity index (χ1n) is 8.27. The van der Waals surface area contributed by atoms with E-state index >= 15 is 0 Å². The first-order chi connectivity index (χ1) is 12.8. The van der Waals surface area contributed by atoms with Gasteiger partial charge in [-0.3, -0.25) is 4.79 Å². The molecular formula is C18H20FN5O2S. The smallest absolute Gasteiger partial charge is 0.275 e. The van der Waals surface area contributed by atoms with Crippen molar-refractivity contribution in [1.29, 1.82) is 0 Å². The number of amides is 1. The minimum Gasteiger partial charge on any atom is -0.480 e. The zero-order chi connectivity index (χ0) is 19.6. The lowest BCUT2D eigenvalue weighted by atomic mass is 9.86. The second kappa shape index (κ2) is 7.51. The average molecular weight is 389 g/mol. The van der Waals surface area contributed by atoms with Crippen LogP contribution in [0.25, 0.3) is 0 Å². The zero-order valence-electron chi connectivity index (χ0n) is 15.1. The van der Waals surface area contributed by atoms with E-state index in [1.165, 1.54) is 31.3 Å². The number of carbonyl (C=O) groups excluding carboxylic acids is 1. The van der Waals surface area contributed by atoms with Gasteiger partial charge in [0.2, 0.25) is 5.88 Å². The third-order valence-corrected chi connectivity index (χ3v) is 5.32. The SMILES string of the molecule is COc1cnc(C(=O)Nc2cccc([C@@]3(C)N=C(N)S[C@H](C)[C@@H]3F)c2)cn1. The van der Waals surface area contributed by atoms with Crippen molar-refractivity contribution in [3.05, 3.63) is 47.9 Å². The highest BCUT2D eigenvalue weighted by Crippen LogP contribution is 2.41. The molecule has 2 heterocycles. The van der Waals surface area contributed by atoms with E-state index in [4.69, 9.17) is 10.5 Å². The highest BCUT2D eigenvalue weighted by Gasteiger charge is 2.43. The molecule has 0 unspecified atom stereocenters. The molecule has 3 rings (SSSR count). The van der Waals surface area contributed by atoms with E-state index in [0.29, 0.717) is 22.3 Å². The maximum absolute atomic E-state index is 14.9. The van der Waals surface area contributed by atoms with Crippen LogP contribution in [0, 0.1) is 0 Å². The van der Waals surface area contributed by atoms with Crippen molar-refractivity contribution in [2.75, 3.05) is 12.4 Å². The van der Waals surface area contributed by atoms with E-state index in [1.54, 1.807) is 38.1 Å². The number of nitrogens with two attached hydrogens (primary N) is 1. The van der Waals surface area contributed by atoms with E-state index in [1.807, 2.05) is 0 Å². The van der Waals surface area contributed by atoms with Crippen LogP contribution in [-0.4, -0.2) is 39.6 Å². The lowest BCUT2D eigenvalue weighted by Gasteiger charge is -2.37. The number of aromatic nitrogens is 2. The number of nitrogens with one attached hydrogen (secondary N) is 1. The minimum absolute atomic E-state index is 0.140. The van der Waals surface area contributed by atoms with Crippen molar-refractivity contribution in [3.63, 3.8) is 0 Å². The highest BCUT2D eigenvalue weighted by molar-refractivity contribution is 8.14. The Balaban J connectivity index is 1.85. The molecule has 0 aliphatic carbocycles. The Morgan fingerprint density at radius 1 is 1.37 bits per heavy atom. The Morgan fingerprint density at radius 3 is 2.81 bits per heavy atom. The third kappa shape index (κ3) is 3.87. The summed E-state index contributed by atoms with van der Waals surface area (Å²) >= 11 is 1.22. The third-order valence-electron chi connectivity index (χ3n) is 4.37. The monoisotopic (exact) mass is 389 g/mol. The molecule has 7 nitrogen and oxygen atoms in total. The van der Waals surface area contributed by atoms with Gasteiger partial charge in [0.25, 0.3) is 5.91 Å². The molecule has 3 N–H and O–H groups in total. The van der Waals surface area contributed by atoms with Gasteiger partial charge in [-0.15, -0.1) is 0 Å². The predicted octanol–water partition coefficient (Wildman–Crippen LogP) is 2.74. The number of anilines is 1. The fraction of sp³-hybridized carbons (Fsp3) is 0.333. The number of nitrogens with zero attached hydrogens (tertiary/aromatic N) is 3. The first-order valence-corrected chi connectivity index (χ1v) is 9.15. The van der Waals surface area contributed by atoms with Crippen molar-refractivity contribution >= 4 is 28.5 Å². The van der Waals surface area contributed by atoms with Gasteiger partial charge in [0.1, 0.15) is 17.4 Å². The number of amidine groups is 1. The molecule has 1 amide bonds. The number of aliphatic imine (C=N–C) groups is 1. The van der Waals surface area contributed by atoms with Crippen LogP contribution in [0.5, 0.6) is 5.88 Å². The Kier molecular flexibility index (Phi) is 5.31. The summed E-state index contributed by atoms with van der Waals surface area (Å²) in [5.74, 6) is -0.116. The van der Waals surface area contributed by atoms with Gasteiger partial charge in [-0.05, 0) is 31.5 Å². The van der Waals surface area contributed by atoms with Crippen molar-refractivity contribution in [2.24, 2.45) is 10.7 Å². The Morgan fingerprint density at radius 2 is 2.15 bits per heavy atom. The fourth-order valence-corrected chi connectivity index (χ4v) is 3.90. The van der Waals surface area contributed by atoms with Gasteiger partial charge in [-0.1, -0.05) is 23.9 Å². The molecule has 3 atom stereocenters. The Hall–Kier alpha value is -2.68. The second-order valence-electron chi connectivity index (χ2n) is 6.30. The number of halogens is 1. The minimum atomic E-state index is -1.21. The summed E-state index contributed by atoms with van der Waals surface area (Å²) in [5.41, 5.74) is 6.03. The van der Waals surface area contributed by atoms with E-state index < -0.39 is 17.6 Å². The molecule has 2 aromatic rings. The van der Waals surface area contributed by atoms with Gasteiger partial charge in [0.15, 0.2) is 5.17 Å². The Bertz CT molecular complexity index is 876. The summed E-state index contributed by atoms with van der Waals surface area (Å²) in [6.07, 6.45) is 1.47. The predicted molar refractivity (Wildman–Crippen MR) is 104 cm³/mol. The fourth-order valence-electron chi connectivity index (χ4n) is 2.89. The average Bonchev–Trinajstić information content (AvgIpc) is 2.66. The van der Waals surface area contributed by atoms with Crippen LogP contribution < -0.4 is 15.8 Å². The molecule has 9 heteroatoms. The van der Waals surface area contributed by atoms with Crippen LogP contribution in [-0.2, 0) is 5.54 Å². The summed E-state index contributed by atoms with van der Waals surface area (Å²) in [6.45, 7) is 3.49. The van der Waals surface area contributed by atoms with E-state index in [-0.39, 0.29) is 10.9 Å². The Labute approximate surface area is 160 Å². The number of benzene rings is 1. The highest BCUT2D eigenvalue weighted by atomic mass is 32.2. The van der Waals surface area contributed by atoms with Crippen LogP contribution >= 0.6 is 11.8 Å². The van der Waals surface area contributed by atoms with Crippen molar-refractivity contribution in [1.82, 2.24) is 9.97 Å². The van der Waals surface area contributed by atoms with E-state index in [0.717, 1.165) is 0 Å². The normalized spacial score (nSPS) is 24.8. The molecule has 1 aliphatic rings. The number of ether oxygens (including phenoxy) is 1. The largest absolute Gasteiger partial charge is 0.480 e. The molecule has 0 saturated heterocycles. The van der Waals surface area contributed by atoms with Crippen LogP contribution in [0.15, 0.2) is 41.7 Å².